The lowest BCUT2D eigenvalue weighted by molar-refractivity contribution is 0.104. The van der Waals surface area contributed by atoms with E-state index in [1.54, 1.807) is 23.0 Å². The van der Waals surface area contributed by atoms with Gasteiger partial charge in [-0.3, -0.25) is 9.48 Å². The van der Waals surface area contributed by atoms with Crippen LogP contribution in [-0.4, -0.2) is 15.6 Å². The van der Waals surface area contributed by atoms with Crippen LogP contribution in [0.2, 0.25) is 0 Å². The summed E-state index contributed by atoms with van der Waals surface area (Å²) in [6.45, 7) is 7.37. The Morgan fingerprint density at radius 2 is 1.96 bits per heavy atom. The Bertz CT molecular complexity index is 917. The van der Waals surface area contributed by atoms with Crippen molar-refractivity contribution in [2.24, 2.45) is 0 Å². The molecule has 0 bridgehead atoms. The van der Waals surface area contributed by atoms with E-state index in [1.165, 1.54) is 11.6 Å². The Kier molecular flexibility index (Phi) is 5.91. The Labute approximate surface area is 159 Å². The first-order valence-corrected chi connectivity index (χ1v) is 9.12. The standard InChI is InChI=1S/C22H24N2O3/c1-4-24-14-13-21(23-24)22(25)12-11-19-9-10-20(27-19)15-26-18-7-5-17(6-8-18)16(2)3/h5-14,16H,4,15H2,1-3H3/b12-11+. The van der Waals surface area contributed by atoms with Crippen LogP contribution in [0.4, 0.5) is 0 Å². The SMILES string of the molecule is CCn1ccc(C(=O)/C=C/c2ccc(COc3ccc(C(C)C)cc3)o2)n1. The number of rotatable bonds is 8. The smallest absolute Gasteiger partial charge is 0.206 e. The van der Waals surface area contributed by atoms with Crippen LogP contribution < -0.4 is 4.74 Å². The summed E-state index contributed by atoms with van der Waals surface area (Å²) in [6.07, 6.45) is 4.90. The molecule has 0 aliphatic heterocycles. The molecule has 0 unspecified atom stereocenters. The fourth-order valence-corrected chi connectivity index (χ4v) is 2.58. The van der Waals surface area contributed by atoms with Crippen molar-refractivity contribution < 1.29 is 13.9 Å². The quantitative estimate of drug-likeness (QED) is 0.412. The molecule has 0 amide bonds. The Morgan fingerprint density at radius 1 is 1.19 bits per heavy atom. The number of aromatic nitrogens is 2. The summed E-state index contributed by atoms with van der Waals surface area (Å²) in [6, 6.07) is 13.4. The minimum atomic E-state index is -0.151. The normalized spacial score (nSPS) is 11.4. The van der Waals surface area contributed by atoms with Crippen LogP contribution in [0, 0.1) is 0 Å². The van der Waals surface area contributed by atoms with Gasteiger partial charge in [0.1, 0.15) is 29.6 Å². The van der Waals surface area contributed by atoms with Crippen molar-refractivity contribution in [2.45, 2.75) is 39.8 Å². The molecule has 0 N–H and O–H groups in total. The van der Waals surface area contributed by atoms with Crippen molar-refractivity contribution in [3.63, 3.8) is 0 Å². The van der Waals surface area contributed by atoms with E-state index >= 15 is 0 Å². The molecular formula is C22H24N2O3. The molecule has 3 rings (SSSR count). The number of ether oxygens (including phenoxy) is 1. The highest BCUT2D eigenvalue weighted by atomic mass is 16.5. The van der Waals surface area contributed by atoms with E-state index in [0.717, 1.165) is 12.3 Å². The highest BCUT2D eigenvalue weighted by Crippen LogP contribution is 2.20. The summed E-state index contributed by atoms with van der Waals surface area (Å²) < 4.78 is 13.2. The second-order valence-corrected chi connectivity index (χ2v) is 6.57. The number of benzene rings is 1. The second kappa shape index (κ2) is 8.54. The van der Waals surface area contributed by atoms with Crippen molar-refractivity contribution in [2.75, 3.05) is 0 Å². The molecular weight excluding hydrogens is 340 g/mol. The predicted molar refractivity (Wildman–Crippen MR) is 105 cm³/mol. The van der Waals surface area contributed by atoms with E-state index in [0.29, 0.717) is 29.7 Å². The molecule has 1 aromatic carbocycles. The van der Waals surface area contributed by atoms with Crippen molar-refractivity contribution in [1.82, 2.24) is 9.78 Å². The molecule has 27 heavy (non-hydrogen) atoms. The minimum absolute atomic E-state index is 0.151. The molecule has 5 nitrogen and oxygen atoms in total. The average Bonchev–Trinajstić information content (AvgIpc) is 3.34. The summed E-state index contributed by atoms with van der Waals surface area (Å²) in [5, 5.41) is 4.19. The van der Waals surface area contributed by atoms with Crippen LogP contribution in [-0.2, 0) is 13.2 Å². The molecule has 140 valence electrons. The molecule has 2 aromatic heterocycles. The molecule has 0 saturated heterocycles. The number of allylic oxidation sites excluding steroid dienone is 1. The maximum Gasteiger partial charge on any atom is 0.206 e. The third kappa shape index (κ3) is 4.97. The van der Waals surface area contributed by atoms with Gasteiger partial charge in [-0.1, -0.05) is 26.0 Å². The first-order valence-electron chi connectivity index (χ1n) is 9.12. The Hall–Kier alpha value is -3.08. The second-order valence-electron chi connectivity index (χ2n) is 6.57. The Balaban J connectivity index is 1.55. The fourth-order valence-electron chi connectivity index (χ4n) is 2.58. The third-order valence-electron chi connectivity index (χ3n) is 4.23. The van der Waals surface area contributed by atoms with Crippen LogP contribution in [0.5, 0.6) is 5.75 Å². The molecule has 0 atom stereocenters. The van der Waals surface area contributed by atoms with Gasteiger partial charge >= 0.3 is 0 Å². The van der Waals surface area contributed by atoms with Gasteiger partial charge < -0.3 is 9.15 Å². The van der Waals surface area contributed by atoms with Gasteiger partial charge in [0.05, 0.1) is 0 Å². The van der Waals surface area contributed by atoms with Crippen LogP contribution >= 0.6 is 0 Å². The van der Waals surface area contributed by atoms with E-state index in [1.807, 2.05) is 31.2 Å². The van der Waals surface area contributed by atoms with Gasteiger partial charge in [0.25, 0.3) is 0 Å². The monoisotopic (exact) mass is 364 g/mol. The molecule has 0 fully saturated rings. The van der Waals surface area contributed by atoms with E-state index in [-0.39, 0.29) is 5.78 Å². The van der Waals surface area contributed by atoms with E-state index in [2.05, 4.69) is 31.1 Å². The summed E-state index contributed by atoms with van der Waals surface area (Å²) in [5.41, 5.74) is 1.70. The summed E-state index contributed by atoms with van der Waals surface area (Å²) >= 11 is 0. The van der Waals surface area contributed by atoms with Crippen molar-refractivity contribution >= 4 is 11.9 Å². The van der Waals surface area contributed by atoms with Crippen LogP contribution in [0.3, 0.4) is 0 Å². The van der Waals surface area contributed by atoms with Crippen molar-refractivity contribution in [3.8, 4) is 5.75 Å². The molecule has 0 aliphatic carbocycles. The molecule has 0 aliphatic rings. The van der Waals surface area contributed by atoms with Gasteiger partial charge in [-0.2, -0.15) is 5.10 Å². The van der Waals surface area contributed by atoms with Gasteiger partial charge in [0, 0.05) is 12.7 Å². The fraction of sp³-hybridized carbons (Fsp3) is 0.273. The summed E-state index contributed by atoms with van der Waals surface area (Å²) in [5.74, 6) is 2.45. The number of furan rings is 1. The van der Waals surface area contributed by atoms with Crippen LogP contribution in [0.15, 0.2) is 59.2 Å². The molecule has 2 heterocycles. The third-order valence-corrected chi connectivity index (χ3v) is 4.23. The summed E-state index contributed by atoms with van der Waals surface area (Å²) in [4.78, 5) is 12.1. The first-order chi connectivity index (χ1) is 13.0. The van der Waals surface area contributed by atoms with E-state index in [4.69, 9.17) is 9.15 Å². The van der Waals surface area contributed by atoms with Crippen molar-refractivity contribution in [1.29, 1.82) is 0 Å². The first kappa shape index (κ1) is 18.7. The lowest BCUT2D eigenvalue weighted by atomic mass is 10.0. The lowest BCUT2D eigenvalue weighted by Crippen LogP contribution is -1.99. The molecule has 0 radical (unpaired) electrons. The lowest BCUT2D eigenvalue weighted by Gasteiger charge is -2.07. The van der Waals surface area contributed by atoms with Gasteiger partial charge in [-0.15, -0.1) is 0 Å². The maximum absolute atomic E-state index is 12.1. The molecule has 0 spiro atoms. The number of aryl methyl sites for hydroxylation is 1. The molecule has 0 saturated carbocycles. The van der Waals surface area contributed by atoms with Gasteiger partial charge in [-0.05, 0) is 60.9 Å². The minimum Gasteiger partial charge on any atom is -0.486 e. The van der Waals surface area contributed by atoms with E-state index < -0.39 is 0 Å². The number of ketones is 1. The van der Waals surface area contributed by atoms with Crippen LogP contribution in [0.25, 0.3) is 6.08 Å². The maximum atomic E-state index is 12.1. The van der Waals surface area contributed by atoms with Crippen molar-refractivity contribution in [3.05, 3.63) is 77.5 Å². The molecule has 3 aromatic rings. The van der Waals surface area contributed by atoms with Gasteiger partial charge in [-0.25, -0.2) is 0 Å². The van der Waals surface area contributed by atoms with Gasteiger partial charge in [0.2, 0.25) is 5.78 Å². The number of carbonyl (C=O) groups is 1. The molecule has 5 heteroatoms. The zero-order chi connectivity index (χ0) is 19.2. The van der Waals surface area contributed by atoms with Crippen LogP contribution in [0.1, 0.15) is 54.3 Å². The van der Waals surface area contributed by atoms with E-state index in [9.17, 15) is 4.79 Å². The summed E-state index contributed by atoms with van der Waals surface area (Å²) in [7, 11) is 0. The zero-order valence-corrected chi connectivity index (χ0v) is 15.9. The predicted octanol–water partition coefficient (Wildman–Crippen LogP) is 5.09. The zero-order valence-electron chi connectivity index (χ0n) is 15.9. The Morgan fingerprint density at radius 3 is 2.63 bits per heavy atom. The highest BCUT2D eigenvalue weighted by Gasteiger charge is 2.07. The topological polar surface area (TPSA) is 57.3 Å². The largest absolute Gasteiger partial charge is 0.486 e. The number of carbonyl (C=O) groups excluding carboxylic acids is 1. The number of nitrogens with zero attached hydrogens (tertiary/aromatic N) is 2. The average molecular weight is 364 g/mol. The van der Waals surface area contributed by atoms with Gasteiger partial charge in [0.15, 0.2) is 0 Å². The number of hydrogen-bond donors (Lipinski definition) is 0. The number of hydrogen-bond acceptors (Lipinski definition) is 4. The highest BCUT2D eigenvalue weighted by molar-refractivity contribution is 6.05.